The Morgan fingerprint density at radius 2 is 1.92 bits per heavy atom. The van der Waals surface area contributed by atoms with Gasteiger partial charge < -0.3 is 9.84 Å². The Morgan fingerprint density at radius 3 is 2.31 bits per heavy atom. The van der Waals surface area contributed by atoms with Gasteiger partial charge in [0.1, 0.15) is 0 Å². The number of aliphatic hydroxyl groups is 1. The fourth-order valence-corrected chi connectivity index (χ4v) is 1.85. The van der Waals surface area contributed by atoms with Crippen molar-refractivity contribution in [3.8, 4) is 0 Å². The van der Waals surface area contributed by atoms with E-state index in [0.717, 1.165) is 13.0 Å². The monoisotopic (exact) mass is 186 g/mol. The molecule has 1 heterocycles. The van der Waals surface area contributed by atoms with Crippen LogP contribution in [-0.4, -0.2) is 23.9 Å². The van der Waals surface area contributed by atoms with E-state index in [0.29, 0.717) is 17.8 Å². The third-order valence-electron chi connectivity index (χ3n) is 3.37. The van der Waals surface area contributed by atoms with Gasteiger partial charge in [-0.25, -0.2) is 0 Å². The average Bonchev–Trinajstić information content (AvgIpc) is 2.48. The van der Waals surface area contributed by atoms with Gasteiger partial charge in [-0.2, -0.15) is 0 Å². The van der Waals surface area contributed by atoms with Crippen molar-refractivity contribution in [1.29, 1.82) is 0 Å². The Balaban J connectivity index is 2.50. The first-order valence-corrected chi connectivity index (χ1v) is 5.33. The summed E-state index contributed by atoms with van der Waals surface area (Å²) in [6.07, 6.45) is 0.863. The van der Waals surface area contributed by atoms with Crippen molar-refractivity contribution < 1.29 is 9.84 Å². The number of aliphatic hydroxyl groups excluding tert-OH is 1. The zero-order valence-corrected chi connectivity index (χ0v) is 9.16. The smallest absolute Gasteiger partial charge is 0.0862 e. The van der Waals surface area contributed by atoms with Gasteiger partial charge in [-0.15, -0.1) is 0 Å². The number of hydrogen-bond donors (Lipinski definition) is 1. The minimum atomic E-state index is -0.294. The summed E-state index contributed by atoms with van der Waals surface area (Å²) in [6.45, 7) is 9.37. The van der Waals surface area contributed by atoms with Crippen LogP contribution < -0.4 is 0 Å². The zero-order chi connectivity index (χ0) is 10.0. The summed E-state index contributed by atoms with van der Waals surface area (Å²) in [5.74, 6) is 1.35. The van der Waals surface area contributed by atoms with E-state index in [1.807, 2.05) is 0 Å². The van der Waals surface area contributed by atoms with Gasteiger partial charge in [0.2, 0.25) is 0 Å². The lowest BCUT2D eigenvalue weighted by Crippen LogP contribution is -2.37. The SMILES string of the molecule is CC(C)C(C)C(O)C1OCCC1C. The van der Waals surface area contributed by atoms with E-state index in [2.05, 4.69) is 27.7 Å². The Hall–Kier alpha value is -0.0800. The van der Waals surface area contributed by atoms with Crippen molar-refractivity contribution >= 4 is 0 Å². The molecule has 1 aliphatic heterocycles. The van der Waals surface area contributed by atoms with Gasteiger partial charge in [-0.05, 0) is 24.2 Å². The van der Waals surface area contributed by atoms with Crippen LogP contribution >= 0.6 is 0 Å². The molecule has 1 fully saturated rings. The van der Waals surface area contributed by atoms with Gasteiger partial charge in [0.25, 0.3) is 0 Å². The highest BCUT2D eigenvalue weighted by molar-refractivity contribution is 4.83. The second-order valence-corrected chi connectivity index (χ2v) is 4.70. The lowest BCUT2D eigenvalue weighted by Gasteiger charge is -2.28. The summed E-state index contributed by atoms with van der Waals surface area (Å²) in [5, 5.41) is 10.0. The second-order valence-electron chi connectivity index (χ2n) is 4.70. The molecule has 1 aliphatic rings. The minimum Gasteiger partial charge on any atom is -0.390 e. The van der Waals surface area contributed by atoms with Crippen molar-refractivity contribution in [3.63, 3.8) is 0 Å². The van der Waals surface area contributed by atoms with E-state index >= 15 is 0 Å². The third kappa shape index (κ3) is 2.44. The molecule has 0 saturated carbocycles. The van der Waals surface area contributed by atoms with E-state index in [4.69, 9.17) is 4.74 Å². The van der Waals surface area contributed by atoms with Crippen LogP contribution in [-0.2, 0) is 4.74 Å². The molecule has 2 heteroatoms. The molecule has 0 bridgehead atoms. The van der Waals surface area contributed by atoms with Crippen LogP contribution in [0.5, 0.6) is 0 Å². The lowest BCUT2D eigenvalue weighted by atomic mass is 9.85. The minimum absolute atomic E-state index is 0.0670. The Bertz CT molecular complexity index is 156. The van der Waals surface area contributed by atoms with Crippen LogP contribution in [0.15, 0.2) is 0 Å². The maximum Gasteiger partial charge on any atom is 0.0862 e. The molecule has 2 nitrogen and oxygen atoms in total. The summed E-state index contributed by atoms with van der Waals surface area (Å²) in [7, 11) is 0. The van der Waals surface area contributed by atoms with Gasteiger partial charge in [-0.3, -0.25) is 0 Å². The highest BCUT2D eigenvalue weighted by atomic mass is 16.5. The lowest BCUT2D eigenvalue weighted by molar-refractivity contribution is -0.0510. The normalized spacial score (nSPS) is 33.7. The number of hydrogen-bond acceptors (Lipinski definition) is 2. The third-order valence-corrected chi connectivity index (χ3v) is 3.37. The average molecular weight is 186 g/mol. The molecule has 0 amide bonds. The van der Waals surface area contributed by atoms with Gasteiger partial charge in [0, 0.05) is 6.61 Å². The molecular formula is C11H22O2. The highest BCUT2D eigenvalue weighted by Crippen LogP contribution is 2.28. The van der Waals surface area contributed by atoms with Crippen LogP contribution in [0.25, 0.3) is 0 Å². The Morgan fingerprint density at radius 1 is 1.31 bits per heavy atom. The van der Waals surface area contributed by atoms with E-state index < -0.39 is 0 Å². The quantitative estimate of drug-likeness (QED) is 0.731. The molecule has 0 aromatic carbocycles. The van der Waals surface area contributed by atoms with Crippen LogP contribution in [0.4, 0.5) is 0 Å². The number of rotatable bonds is 3. The molecule has 4 atom stereocenters. The fraction of sp³-hybridized carbons (Fsp3) is 1.00. The molecule has 0 radical (unpaired) electrons. The van der Waals surface area contributed by atoms with Crippen molar-refractivity contribution in [2.45, 2.75) is 46.3 Å². The molecule has 4 unspecified atom stereocenters. The van der Waals surface area contributed by atoms with E-state index in [-0.39, 0.29) is 12.2 Å². The largest absolute Gasteiger partial charge is 0.390 e. The summed E-state index contributed by atoms with van der Waals surface area (Å²) < 4.78 is 5.55. The van der Waals surface area contributed by atoms with Gasteiger partial charge in [0.05, 0.1) is 12.2 Å². The predicted octanol–water partition coefficient (Wildman–Crippen LogP) is 2.06. The van der Waals surface area contributed by atoms with E-state index in [1.165, 1.54) is 0 Å². The molecule has 1 saturated heterocycles. The standard InChI is InChI=1S/C11H22O2/c1-7(2)9(4)10(12)11-8(3)5-6-13-11/h7-12H,5-6H2,1-4H3. The van der Waals surface area contributed by atoms with Crippen molar-refractivity contribution in [2.24, 2.45) is 17.8 Å². The molecule has 0 spiro atoms. The van der Waals surface area contributed by atoms with Gasteiger partial charge in [-0.1, -0.05) is 27.7 Å². The van der Waals surface area contributed by atoms with Crippen molar-refractivity contribution in [3.05, 3.63) is 0 Å². The fourth-order valence-electron chi connectivity index (χ4n) is 1.85. The van der Waals surface area contributed by atoms with Crippen LogP contribution in [0, 0.1) is 17.8 Å². The second kappa shape index (κ2) is 4.43. The molecule has 0 aromatic heterocycles. The first-order chi connectivity index (χ1) is 6.04. The maximum atomic E-state index is 10.0. The Labute approximate surface area is 81.3 Å². The molecule has 13 heavy (non-hydrogen) atoms. The van der Waals surface area contributed by atoms with Crippen molar-refractivity contribution in [2.75, 3.05) is 6.61 Å². The molecule has 78 valence electrons. The summed E-state index contributed by atoms with van der Waals surface area (Å²) >= 11 is 0. The molecule has 1 N–H and O–H groups in total. The maximum absolute atomic E-state index is 10.0. The van der Waals surface area contributed by atoms with E-state index in [1.54, 1.807) is 0 Å². The van der Waals surface area contributed by atoms with Crippen LogP contribution in [0.2, 0.25) is 0 Å². The van der Waals surface area contributed by atoms with Crippen LogP contribution in [0.1, 0.15) is 34.1 Å². The molecule has 0 aromatic rings. The highest BCUT2D eigenvalue weighted by Gasteiger charge is 2.34. The van der Waals surface area contributed by atoms with E-state index in [9.17, 15) is 5.11 Å². The first-order valence-electron chi connectivity index (χ1n) is 5.33. The predicted molar refractivity (Wildman–Crippen MR) is 53.5 cm³/mol. The molecule has 1 rings (SSSR count). The first kappa shape index (κ1) is 11.0. The Kier molecular flexibility index (Phi) is 3.74. The van der Waals surface area contributed by atoms with Crippen LogP contribution in [0.3, 0.4) is 0 Å². The molecule has 0 aliphatic carbocycles. The van der Waals surface area contributed by atoms with Gasteiger partial charge in [0.15, 0.2) is 0 Å². The summed E-state index contributed by atoms with van der Waals surface area (Å²) in [6, 6.07) is 0. The number of ether oxygens (including phenoxy) is 1. The van der Waals surface area contributed by atoms with Crippen molar-refractivity contribution in [1.82, 2.24) is 0 Å². The summed E-state index contributed by atoms with van der Waals surface area (Å²) in [5.41, 5.74) is 0. The zero-order valence-electron chi connectivity index (χ0n) is 9.16. The molecular weight excluding hydrogens is 164 g/mol. The summed E-state index contributed by atoms with van der Waals surface area (Å²) in [4.78, 5) is 0. The topological polar surface area (TPSA) is 29.5 Å². The van der Waals surface area contributed by atoms with Gasteiger partial charge >= 0.3 is 0 Å².